The van der Waals surface area contributed by atoms with E-state index >= 15 is 0 Å². The van der Waals surface area contributed by atoms with Gasteiger partial charge in [-0.3, -0.25) is 5.41 Å². The lowest BCUT2D eigenvalue weighted by Crippen LogP contribution is -2.11. The zero-order chi connectivity index (χ0) is 14.0. The van der Waals surface area contributed by atoms with E-state index < -0.39 is 5.82 Å². The molecule has 0 aliphatic carbocycles. The molecule has 0 fully saturated rings. The summed E-state index contributed by atoms with van der Waals surface area (Å²) in [5.41, 5.74) is 6.45. The van der Waals surface area contributed by atoms with Crippen LogP contribution in [0.2, 0.25) is 5.02 Å². The lowest BCUT2D eigenvalue weighted by molar-refractivity contribution is 0.442. The first-order chi connectivity index (χ1) is 8.97. The van der Waals surface area contributed by atoms with Gasteiger partial charge in [0.2, 0.25) is 0 Å². The number of aryl methyl sites for hydroxylation is 1. The highest BCUT2D eigenvalue weighted by molar-refractivity contribution is 6.31. The lowest BCUT2D eigenvalue weighted by Gasteiger charge is -2.09. The van der Waals surface area contributed by atoms with Crippen molar-refractivity contribution in [2.24, 2.45) is 5.73 Å². The summed E-state index contributed by atoms with van der Waals surface area (Å²) in [4.78, 5) is 0. The van der Waals surface area contributed by atoms with E-state index in [2.05, 4.69) is 0 Å². The smallest absolute Gasteiger partial charge is 0.166 e. The number of hydrogen-bond acceptors (Lipinski definition) is 2. The minimum absolute atomic E-state index is 0.0757. The summed E-state index contributed by atoms with van der Waals surface area (Å²) in [5.74, 6) is -0.184. The Labute approximate surface area is 115 Å². The number of rotatable bonds is 3. The average Bonchev–Trinajstić information content (AvgIpc) is 2.36. The third-order valence-electron chi connectivity index (χ3n) is 2.60. The predicted molar refractivity (Wildman–Crippen MR) is 73.7 cm³/mol. The molecule has 2 aromatic carbocycles. The van der Waals surface area contributed by atoms with Crippen LogP contribution in [-0.4, -0.2) is 5.84 Å². The number of nitrogen functional groups attached to an aromatic ring is 1. The van der Waals surface area contributed by atoms with Crippen LogP contribution in [-0.2, 0) is 0 Å². The van der Waals surface area contributed by atoms with E-state index in [1.165, 1.54) is 18.2 Å². The van der Waals surface area contributed by atoms with Gasteiger partial charge in [-0.25, -0.2) is 4.39 Å². The molecular weight excluding hydrogens is 267 g/mol. The largest absolute Gasteiger partial charge is 0.454 e. The van der Waals surface area contributed by atoms with Gasteiger partial charge in [-0.2, -0.15) is 0 Å². The van der Waals surface area contributed by atoms with Crippen molar-refractivity contribution in [3.63, 3.8) is 0 Å². The average molecular weight is 279 g/mol. The second kappa shape index (κ2) is 5.28. The van der Waals surface area contributed by atoms with Crippen LogP contribution in [0.4, 0.5) is 4.39 Å². The molecule has 5 heteroatoms. The van der Waals surface area contributed by atoms with Crippen molar-refractivity contribution < 1.29 is 9.13 Å². The Morgan fingerprint density at radius 1 is 1.26 bits per heavy atom. The first-order valence-electron chi connectivity index (χ1n) is 5.55. The van der Waals surface area contributed by atoms with Crippen molar-refractivity contribution in [2.45, 2.75) is 6.92 Å². The zero-order valence-electron chi connectivity index (χ0n) is 10.2. The fourth-order valence-corrected chi connectivity index (χ4v) is 1.68. The minimum atomic E-state index is -0.569. The molecule has 0 atom stereocenters. The Balaban J connectivity index is 2.28. The molecule has 2 rings (SSSR count). The molecule has 0 amide bonds. The molecule has 0 spiro atoms. The Kier molecular flexibility index (Phi) is 3.71. The number of ether oxygens (including phenoxy) is 1. The topological polar surface area (TPSA) is 59.1 Å². The maximum absolute atomic E-state index is 13.8. The minimum Gasteiger partial charge on any atom is -0.454 e. The van der Waals surface area contributed by atoms with Crippen LogP contribution in [0.15, 0.2) is 36.4 Å². The number of benzene rings is 2. The van der Waals surface area contributed by atoms with E-state index in [1.54, 1.807) is 18.2 Å². The van der Waals surface area contributed by atoms with Crippen molar-refractivity contribution in [2.75, 3.05) is 0 Å². The predicted octanol–water partition coefficient (Wildman–Crippen LogP) is 3.86. The quantitative estimate of drug-likeness (QED) is 0.661. The molecule has 2 aromatic rings. The zero-order valence-corrected chi connectivity index (χ0v) is 11.0. The first-order valence-corrected chi connectivity index (χ1v) is 5.93. The maximum atomic E-state index is 13.8. The Hall–Kier alpha value is -2.07. The van der Waals surface area contributed by atoms with Crippen molar-refractivity contribution in [3.05, 3.63) is 58.4 Å². The molecule has 0 unspecified atom stereocenters. The van der Waals surface area contributed by atoms with E-state index in [4.69, 9.17) is 27.5 Å². The van der Waals surface area contributed by atoms with E-state index in [1.807, 2.05) is 6.92 Å². The summed E-state index contributed by atoms with van der Waals surface area (Å²) in [6, 6.07) is 9.21. The van der Waals surface area contributed by atoms with Crippen molar-refractivity contribution >= 4 is 17.4 Å². The van der Waals surface area contributed by atoms with Crippen molar-refractivity contribution in [3.8, 4) is 11.5 Å². The van der Waals surface area contributed by atoms with Crippen molar-refractivity contribution in [1.29, 1.82) is 5.41 Å². The molecule has 3 N–H and O–H groups in total. The van der Waals surface area contributed by atoms with Gasteiger partial charge in [0, 0.05) is 10.6 Å². The highest BCUT2D eigenvalue weighted by atomic mass is 35.5. The monoisotopic (exact) mass is 278 g/mol. The molecular formula is C14H12ClFN2O. The van der Waals surface area contributed by atoms with Gasteiger partial charge in [-0.1, -0.05) is 11.6 Å². The summed E-state index contributed by atoms with van der Waals surface area (Å²) in [6.45, 7) is 1.84. The third-order valence-corrected chi connectivity index (χ3v) is 3.02. The maximum Gasteiger partial charge on any atom is 0.166 e. The van der Waals surface area contributed by atoms with Crippen LogP contribution < -0.4 is 10.5 Å². The standard InChI is InChI=1S/C14H12ClFN2O/c1-8-6-10(3-4-11(8)15)19-13-5-2-9(14(17)18)7-12(13)16/h2-7H,1H3,(H3,17,18). The third kappa shape index (κ3) is 3.03. The first kappa shape index (κ1) is 13.4. The normalized spacial score (nSPS) is 10.3. The Bertz CT molecular complexity index is 643. The fraction of sp³-hybridized carbons (Fsp3) is 0.0714. The van der Waals surface area contributed by atoms with E-state index in [0.717, 1.165) is 5.56 Å². The Morgan fingerprint density at radius 3 is 2.58 bits per heavy atom. The number of halogens is 2. The number of hydrogen-bond donors (Lipinski definition) is 2. The summed E-state index contributed by atoms with van der Waals surface area (Å²) in [6.07, 6.45) is 0. The molecule has 98 valence electrons. The number of amidine groups is 1. The summed E-state index contributed by atoms with van der Waals surface area (Å²) >= 11 is 5.90. The van der Waals surface area contributed by atoms with Gasteiger partial charge in [0.05, 0.1) is 0 Å². The van der Waals surface area contributed by atoms with Gasteiger partial charge >= 0.3 is 0 Å². The highest BCUT2D eigenvalue weighted by Gasteiger charge is 2.08. The molecule has 0 aromatic heterocycles. The summed E-state index contributed by atoms with van der Waals surface area (Å²) in [7, 11) is 0. The fourth-order valence-electron chi connectivity index (χ4n) is 1.56. The lowest BCUT2D eigenvalue weighted by atomic mass is 10.2. The molecule has 0 radical (unpaired) electrons. The molecule has 0 saturated carbocycles. The number of nitrogens with one attached hydrogen (secondary N) is 1. The van der Waals surface area contributed by atoms with Crippen LogP contribution in [0.3, 0.4) is 0 Å². The van der Waals surface area contributed by atoms with Gasteiger partial charge in [-0.05, 0) is 48.9 Å². The molecule has 19 heavy (non-hydrogen) atoms. The van der Waals surface area contributed by atoms with Crippen molar-refractivity contribution in [1.82, 2.24) is 0 Å². The number of nitrogens with two attached hydrogens (primary N) is 1. The molecule has 0 saturated heterocycles. The van der Waals surface area contributed by atoms with Gasteiger partial charge in [0.15, 0.2) is 11.6 Å². The molecule has 0 aliphatic heterocycles. The second-order valence-corrected chi connectivity index (χ2v) is 4.48. The molecule has 0 bridgehead atoms. The highest BCUT2D eigenvalue weighted by Crippen LogP contribution is 2.28. The van der Waals surface area contributed by atoms with Crippen LogP contribution in [0.1, 0.15) is 11.1 Å². The van der Waals surface area contributed by atoms with E-state index in [-0.39, 0.29) is 11.6 Å². The Morgan fingerprint density at radius 2 is 2.00 bits per heavy atom. The van der Waals surface area contributed by atoms with E-state index in [0.29, 0.717) is 16.3 Å². The molecule has 0 heterocycles. The van der Waals surface area contributed by atoms with Crippen LogP contribution in [0, 0.1) is 18.2 Å². The van der Waals surface area contributed by atoms with E-state index in [9.17, 15) is 4.39 Å². The summed E-state index contributed by atoms with van der Waals surface area (Å²) in [5, 5.41) is 7.86. The van der Waals surface area contributed by atoms with Gasteiger partial charge in [-0.15, -0.1) is 0 Å². The molecule has 0 aliphatic rings. The molecule has 3 nitrogen and oxygen atoms in total. The van der Waals surface area contributed by atoms with Gasteiger partial charge in [0.25, 0.3) is 0 Å². The van der Waals surface area contributed by atoms with Gasteiger partial charge < -0.3 is 10.5 Å². The van der Waals surface area contributed by atoms with Crippen LogP contribution in [0.25, 0.3) is 0 Å². The SMILES string of the molecule is Cc1cc(Oc2ccc(C(=N)N)cc2F)ccc1Cl. The van der Waals surface area contributed by atoms with Crippen LogP contribution >= 0.6 is 11.6 Å². The van der Waals surface area contributed by atoms with Gasteiger partial charge in [0.1, 0.15) is 11.6 Å². The van der Waals surface area contributed by atoms with Crippen LogP contribution in [0.5, 0.6) is 11.5 Å². The summed E-state index contributed by atoms with van der Waals surface area (Å²) < 4.78 is 19.2. The second-order valence-electron chi connectivity index (χ2n) is 4.07.